The van der Waals surface area contributed by atoms with Crippen molar-refractivity contribution in [2.24, 2.45) is 0 Å². The number of carbonyl (C=O) groups is 1. The first-order valence-corrected chi connectivity index (χ1v) is 9.04. The zero-order valence-electron chi connectivity index (χ0n) is 15.2. The maximum atomic E-state index is 12.8. The average Bonchev–Trinajstić information content (AvgIpc) is 2.63. The standard InChI is InChI=1S/C18H23F6N3O/c19-17(20,21)14-8-13(9-15(10-14)18(22,23)24)11-26-16(28)12-25-4-7-27-5-2-1-3-6-27/h8-10,25H,1-7,11-12H2,(H,26,28). The van der Waals surface area contributed by atoms with Crippen LogP contribution in [-0.2, 0) is 23.7 Å². The van der Waals surface area contributed by atoms with E-state index in [1.807, 2.05) is 0 Å². The van der Waals surface area contributed by atoms with E-state index < -0.39 is 35.9 Å². The largest absolute Gasteiger partial charge is 0.416 e. The Kier molecular flexibility index (Phi) is 7.70. The summed E-state index contributed by atoms with van der Waals surface area (Å²) in [6.07, 6.45) is -6.29. The smallest absolute Gasteiger partial charge is 0.351 e. The summed E-state index contributed by atoms with van der Waals surface area (Å²) in [7, 11) is 0. The first-order valence-electron chi connectivity index (χ1n) is 9.04. The van der Waals surface area contributed by atoms with Gasteiger partial charge in [0.15, 0.2) is 0 Å². The molecule has 0 radical (unpaired) electrons. The Hall–Kier alpha value is -1.81. The van der Waals surface area contributed by atoms with E-state index in [0.29, 0.717) is 18.7 Å². The maximum absolute atomic E-state index is 12.8. The Bertz CT molecular complexity index is 621. The molecule has 28 heavy (non-hydrogen) atoms. The van der Waals surface area contributed by atoms with E-state index in [9.17, 15) is 31.1 Å². The third-order valence-corrected chi connectivity index (χ3v) is 4.48. The fraction of sp³-hybridized carbons (Fsp3) is 0.611. The van der Waals surface area contributed by atoms with Crippen molar-refractivity contribution in [2.45, 2.75) is 38.2 Å². The molecule has 0 atom stereocenters. The van der Waals surface area contributed by atoms with Gasteiger partial charge >= 0.3 is 12.4 Å². The minimum Gasteiger partial charge on any atom is -0.351 e. The Morgan fingerprint density at radius 2 is 1.50 bits per heavy atom. The monoisotopic (exact) mass is 411 g/mol. The first-order chi connectivity index (χ1) is 13.1. The second kappa shape index (κ2) is 9.60. The van der Waals surface area contributed by atoms with E-state index in [1.54, 1.807) is 0 Å². The van der Waals surface area contributed by atoms with E-state index >= 15 is 0 Å². The van der Waals surface area contributed by atoms with Crippen LogP contribution in [0.5, 0.6) is 0 Å². The fourth-order valence-corrected chi connectivity index (χ4v) is 3.01. The van der Waals surface area contributed by atoms with Crippen LogP contribution in [0, 0.1) is 0 Å². The van der Waals surface area contributed by atoms with Crippen molar-refractivity contribution < 1.29 is 31.1 Å². The summed E-state index contributed by atoms with van der Waals surface area (Å²) in [6, 6.07) is 1.28. The van der Waals surface area contributed by atoms with E-state index in [0.717, 1.165) is 32.5 Å². The highest BCUT2D eigenvalue weighted by Crippen LogP contribution is 2.36. The number of piperidine rings is 1. The maximum Gasteiger partial charge on any atom is 0.416 e. The third kappa shape index (κ3) is 7.31. The lowest BCUT2D eigenvalue weighted by Gasteiger charge is -2.26. The number of nitrogens with zero attached hydrogens (tertiary/aromatic N) is 1. The van der Waals surface area contributed by atoms with Crippen molar-refractivity contribution in [1.82, 2.24) is 15.5 Å². The Labute approximate surface area is 159 Å². The number of likely N-dealkylation sites (tertiary alicyclic amines) is 1. The van der Waals surface area contributed by atoms with E-state index in [2.05, 4.69) is 15.5 Å². The molecule has 0 aromatic heterocycles. The Morgan fingerprint density at radius 1 is 0.929 bits per heavy atom. The predicted octanol–water partition coefficient (Wildman–Crippen LogP) is 3.42. The summed E-state index contributed by atoms with van der Waals surface area (Å²) in [6.45, 7) is 2.93. The normalized spacial score (nSPS) is 16.2. The lowest BCUT2D eigenvalue weighted by molar-refractivity contribution is -0.143. The van der Waals surface area contributed by atoms with Gasteiger partial charge in [-0.3, -0.25) is 4.79 Å². The number of hydrogen-bond acceptors (Lipinski definition) is 3. The molecule has 158 valence electrons. The molecule has 1 aromatic rings. The molecule has 1 saturated heterocycles. The van der Waals surface area contributed by atoms with Crippen LogP contribution in [0.3, 0.4) is 0 Å². The zero-order chi connectivity index (χ0) is 20.8. The molecular formula is C18H23F6N3O. The van der Waals surface area contributed by atoms with Crippen molar-refractivity contribution in [3.8, 4) is 0 Å². The van der Waals surface area contributed by atoms with Gasteiger partial charge in [0, 0.05) is 19.6 Å². The molecule has 10 heteroatoms. The van der Waals surface area contributed by atoms with Gasteiger partial charge in [-0.1, -0.05) is 6.42 Å². The first kappa shape index (κ1) is 22.5. The number of halogens is 6. The Balaban J connectivity index is 1.84. The molecule has 2 N–H and O–H groups in total. The molecule has 4 nitrogen and oxygen atoms in total. The van der Waals surface area contributed by atoms with Gasteiger partial charge in [-0.05, 0) is 49.7 Å². The van der Waals surface area contributed by atoms with Crippen LogP contribution < -0.4 is 10.6 Å². The number of carbonyl (C=O) groups excluding carboxylic acids is 1. The summed E-state index contributed by atoms with van der Waals surface area (Å²) >= 11 is 0. The van der Waals surface area contributed by atoms with E-state index in [1.165, 1.54) is 6.42 Å². The number of amides is 1. The van der Waals surface area contributed by atoms with Crippen molar-refractivity contribution in [3.05, 3.63) is 34.9 Å². The summed E-state index contributed by atoms with van der Waals surface area (Å²) in [5.74, 6) is -0.496. The van der Waals surface area contributed by atoms with Gasteiger partial charge in [0.1, 0.15) is 0 Å². The molecular weight excluding hydrogens is 388 g/mol. The summed E-state index contributed by atoms with van der Waals surface area (Å²) in [5, 5.41) is 5.27. The van der Waals surface area contributed by atoms with Gasteiger partial charge in [-0.2, -0.15) is 26.3 Å². The molecule has 0 spiro atoms. The van der Waals surface area contributed by atoms with E-state index in [4.69, 9.17) is 0 Å². The van der Waals surface area contributed by atoms with Gasteiger partial charge in [0.25, 0.3) is 0 Å². The number of benzene rings is 1. The summed E-state index contributed by atoms with van der Waals surface area (Å²) < 4.78 is 77.0. The number of nitrogens with one attached hydrogen (secondary N) is 2. The van der Waals surface area contributed by atoms with Gasteiger partial charge in [-0.15, -0.1) is 0 Å². The van der Waals surface area contributed by atoms with Crippen LogP contribution in [-0.4, -0.2) is 43.5 Å². The van der Waals surface area contributed by atoms with Crippen molar-refractivity contribution in [1.29, 1.82) is 0 Å². The van der Waals surface area contributed by atoms with Crippen LogP contribution in [0.25, 0.3) is 0 Å². The van der Waals surface area contributed by atoms with Crippen LogP contribution in [0.2, 0.25) is 0 Å². The highest BCUT2D eigenvalue weighted by atomic mass is 19.4. The second-order valence-electron chi connectivity index (χ2n) is 6.77. The molecule has 1 heterocycles. The third-order valence-electron chi connectivity index (χ3n) is 4.48. The van der Waals surface area contributed by atoms with Crippen molar-refractivity contribution >= 4 is 5.91 Å². The van der Waals surface area contributed by atoms with Gasteiger partial charge in [0.05, 0.1) is 17.7 Å². The highest BCUT2D eigenvalue weighted by Gasteiger charge is 2.36. The fourth-order valence-electron chi connectivity index (χ4n) is 3.01. The van der Waals surface area contributed by atoms with Crippen molar-refractivity contribution in [3.63, 3.8) is 0 Å². The van der Waals surface area contributed by atoms with Crippen LogP contribution in [0.1, 0.15) is 36.0 Å². The number of rotatable bonds is 7. The van der Waals surface area contributed by atoms with E-state index in [-0.39, 0.29) is 18.2 Å². The lowest BCUT2D eigenvalue weighted by Crippen LogP contribution is -2.39. The molecule has 1 fully saturated rings. The lowest BCUT2D eigenvalue weighted by atomic mass is 10.0. The van der Waals surface area contributed by atoms with Crippen LogP contribution in [0.15, 0.2) is 18.2 Å². The quantitative estimate of drug-likeness (QED) is 0.534. The SMILES string of the molecule is O=C(CNCCN1CCCCC1)NCc1cc(C(F)(F)F)cc(C(F)(F)F)c1. The zero-order valence-corrected chi connectivity index (χ0v) is 15.2. The molecule has 1 aliphatic heterocycles. The van der Waals surface area contributed by atoms with Crippen LogP contribution in [0.4, 0.5) is 26.3 Å². The summed E-state index contributed by atoms with van der Waals surface area (Å²) in [4.78, 5) is 14.1. The predicted molar refractivity (Wildman–Crippen MR) is 91.5 cm³/mol. The molecule has 0 aliphatic carbocycles. The molecule has 2 rings (SSSR count). The van der Waals surface area contributed by atoms with Gasteiger partial charge in [-0.25, -0.2) is 0 Å². The summed E-state index contributed by atoms with van der Waals surface area (Å²) in [5.41, 5.74) is -3.05. The molecule has 0 saturated carbocycles. The highest BCUT2D eigenvalue weighted by molar-refractivity contribution is 5.77. The minimum atomic E-state index is -4.91. The minimum absolute atomic E-state index is 0.0566. The number of hydrogen-bond donors (Lipinski definition) is 2. The topological polar surface area (TPSA) is 44.4 Å². The Morgan fingerprint density at radius 3 is 2.04 bits per heavy atom. The molecule has 1 aromatic carbocycles. The second-order valence-corrected chi connectivity index (χ2v) is 6.77. The number of alkyl halides is 6. The van der Waals surface area contributed by atoms with Gasteiger partial charge < -0.3 is 15.5 Å². The average molecular weight is 411 g/mol. The van der Waals surface area contributed by atoms with Crippen molar-refractivity contribution in [2.75, 3.05) is 32.7 Å². The molecule has 0 bridgehead atoms. The molecule has 0 unspecified atom stereocenters. The molecule has 1 amide bonds. The molecule has 1 aliphatic rings. The van der Waals surface area contributed by atoms with Gasteiger partial charge in [0.2, 0.25) is 5.91 Å². The van der Waals surface area contributed by atoms with Crippen LogP contribution >= 0.6 is 0 Å².